The van der Waals surface area contributed by atoms with E-state index in [-0.39, 0.29) is 18.7 Å². The van der Waals surface area contributed by atoms with Gasteiger partial charge in [-0.1, -0.05) is 0 Å². The summed E-state index contributed by atoms with van der Waals surface area (Å²) >= 11 is 0. The average molecular weight is 170 g/mol. The average Bonchev–Trinajstić information content (AvgIpc) is 1.82. The van der Waals surface area contributed by atoms with E-state index in [1.54, 1.807) is 14.2 Å². The Morgan fingerprint density at radius 2 is 1.60 bits per heavy atom. The molecule has 4 heteroatoms. The van der Waals surface area contributed by atoms with Crippen molar-refractivity contribution in [3.8, 4) is 0 Å². The van der Waals surface area contributed by atoms with Crippen LogP contribution in [-0.2, 0) is 9.47 Å². The maximum atomic E-state index is 4.95. The molecule has 0 aliphatic carbocycles. The Morgan fingerprint density at radius 1 is 1.20 bits per heavy atom. The predicted octanol–water partition coefficient (Wildman–Crippen LogP) is 0.589. The highest BCUT2D eigenvalue weighted by molar-refractivity contribution is 5.85. The third-order valence-corrected chi connectivity index (χ3v) is 1.04. The van der Waals surface area contributed by atoms with Gasteiger partial charge in [0.25, 0.3) is 0 Å². The van der Waals surface area contributed by atoms with E-state index >= 15 is 0 Å². The number of hydrogen-bond acceptors (Lipinski definition) is 3. The Hall–Kier alpha value is 0.170. The molecule has 3 nitrogen and oxygen atoms in total. The standard InChI is InChI=1S/C6H15NO2.ClH/c1-7(2)5-6(8-3)9-4;/h6H,5H2,1-4H3;1H. The van der Waals surface area contributed by atoms with E-state index in [2.05, 4.69) is 0 Å². The van der Waals surface area contributed by atoms with Crippen molar-refractivity contribution in [1.82, 2.24) is 4.90 Å². The van der Waals surface area contributed by atoms with Crippen LogP contribution >= 0.6 is 12.4 Å². The summed E-state index contributed by atoms with van der Waals surface area (Å²) in [5.74, 6) is 0. The minimum Gasteiger partial charge on any atom is -0.355 e. The van der Waals surface area contributed by atoms with Gasteiger partial charge in [0.2, 0.25) is 0 Å². The number of hydrogen-bond donors (Lipinski definition) is 0. The van der Waals surface area contributed by atoms with Gasteiger partial charge in [-0.2, -0.15) is 0 Å². The van der Waals surface area contributed by atoms with Gasteiger partial charge in [-0.15, -0.1) is 12.4 Å². The van der Waals surface area contributed by atoms with E-state index in [1.165, 1.54) is 0 Å². The minimum atomic E-state index is -0.0972. The summed E-state index contributed by atoms with van der Waals surface area (Å²) in [7, 11) is 7.23. The zero-order chi connectivity index (χ0) is 7.28. The second-order valence-electron chi connectivity index (χ2n) is 2.16. The Balaban J connectivity index is 0. The van der Waals surface area contributed by atoms with Crippen molar-refractivity contribution >= 4 is 12.4 Å². The summed E-state index contributed by atoms with van der Waals surface area (Å²) < 4.78 is 9.89. The van der Waals surface area contributed by atoms with E-state index < -0.39 is 0 Å². The van der Waals surface area contributed by atoms with Crippen molar-refractivity contribution in [2.24, 2.45) is 0 Å². The molecule has 10 heavy (non-hydrogen) atoms. The molecule has 0 saturated heterocycles. The zero-order valence-corrected chi connectivity index (χ0v) is 7.77. The van der Waals surface area contributed by atoms with Crippen LogP contribution in [0.15, 0.2) is 0 Å². The molecule has 0 saturated carbocycles. The molecule has 0 aliphatic heterocycles. The van der Waals surface area contributed by atoms with Crippen LogP contribution in [0.25, 0.3) is 0 Å². The first kappa shape index (κ1) is 12.8. The fourth-order valence-electron chi connectivity index (χ4n) is 0.543. The van der Waals surface area contributed by atoms with Crippen molar-refractivity contribution < 1.29 is 9.47 Å². The predicted molar refractivity (Wildman–Crippen MR) is 43.6 cm³/mol. The molecule has 0 N–H and O–H groups in total. The molecular weight excluding hydrogens is 154 g/mol. The number of rotatable bonds is 4. The summed E-state index contributed by atoms with van der Waals surface area (Å²) in [6.07, 6.45) is -0.0972. The third-order valence-electron chi connectivity index (χ3n) is 1.04. The summed E-state index contributed by atoms with van der Waals surface area (Å²) in [6.45, 7) is 0.799. The topological polar surface area (TPSA) is 21.7 Å². The summed E-state index contributed by atoms with van der Waals surface area (Å²) in [4.78, 5) is 2.01. The molecule has 0 heterocycles. The van der Waals surface area contributed by atoms with Crippen LogP contribution in [-0.4, -0.2) is 46.0 Å². The van der Waals surface area contributed by atoms with Gasteiger partial charge >= 0.3 is 0 Å². The maximum Gasteiger partial charge on any atom is 0.169 e. The molecule has 0 aromatic rings. The molecule has 0 aromatic carbocycles. The highest BCUT2D eigenvalue weighted by Gasteiger charge is 2.04. The molecule has 0 radical (unpaired) electrons. The summed E-state index contributed by atoms with van der Waals surface area (Å²) in [6, 6.07) is 0. The number of ether oxygens (including phenoxy) is 2. The molecule has 0 amide bonds. The first-order chi connectivity index (χ1) is 4.20. The molecular formula is C6H16ClNO2. The summed E-state index contributed by atoms with van der Waals surface area (Å²) in [5, 5.41) is 0. The Labute approximate surface area is 68.7 Å². The van der Waals surface area contributed by atoms with Crippen molar-refractivity contribution in [3.63, 3.8) is 0 Å². The van der Waals surface area contributed by atoms with Crippen LogP contribution in [0.1, 0.15) is 0 Å². The Kier molecular flexibility index (Phi) is 9.33. The van der Waals surface area contributed by atoms with E-state index in [9.17, 15) is 0 Å². The van der Waals surface area contributed by atoms with E-state index in [4.69, 9.17) is 9.47 Å². The highest BCUT2D eigenvalue weighted by Crippen LogP contribution is 1.90. The van der Waals surface area contributed by atoms with Crippen molar-refractivity contribution in [2.45, 2.75) is 6.29 Å². The van der Waals surface area contributed by atoms with Gasteiger partial charge < -0.3 is 14.4 Å². The van der Waals surface area contributed by atoms with Gasteiger partial charge in [0.1, 0.15) is 0 Å². The van der Waals surface area contributed by atoms with E-state index in [0.717, 1.165) is 6.54 Å². The first-order valence-electron chi connectivity index (χ1n) is 2.91. The molecule has 0 atom stereocenters. The number of halogens is 1. The Morgan fingerprint density at radius 3 is 1.70 bits per heavy atom. The maximum absolute atomic E-state index is 4.95. The van der Waals surface area contributed by atoms with Gasteiger partial charge in [-0.25, -0.2) is 0 Å². The van der Waals surface area contributed by atoms with Gasteiger partial charge in [0.15, 0.2) is 6.29 Å². The van der Waals surface area contributed by atoms with Crippen LogP contribution in [0.5, 0.6) is 0 Å². The van der Waals surface area contributed by atoms with Crippen LogP contribution < -0.4 is 0 Å². The minimum absolute atomic E-state index is 0. The number of nitrogens with zero attached hydrogens (tertiary/aromatic N) is 1. The smallest absolute Gasteiger partial charge is 0.169 e. The molecule has 64 valence electrons. The quantitative estimate of drug-likeness (QED) is 0.575. The fourth-order valence-corrected chi connectivity index (χ4v) is 0.543. The lowest BCUT2D eigenvalue weighted by atomic mass is 10.6. The van der Waals surface area contributed by atoms with Gasteiger partial charge in [-0.05, 0) is 14.1 Å². The highest BCUT2D eigenvalue weighted by atomic mass is 35.5. The lowest BCUT2D eigenvalue weighted by Gasteiger charge is -2.17. The molecule has 0 aliphatic rings. The van der Waals surface area contributed by atoms with Crippen LogP contribution in [0, 0.1) is 0 Å². The zero-order valence-electron chi connectivity index (χ0n) is 6.96. The largest absolute Gasteiger partial charge is 0.355 e. The monoisotopic (exact) mass is 169 g/mol. The molecule has 0 rings (SSSR count). The van der Waals surface area contributed by atoms with Crippen LogP contribution in [0.2, 0.25) is 0 Å². The first-order valence-corrected chi connectivity index (χ1v) is 2.91. The SMILES string of the molecule is COC(CN(C)C)OC.Cl. The van der Waals surface area contributed by atoms with E-state index in [0.29, 0.717) is 0 Å². The lowest BCUT2D eigenvalue weighted by Crippen LogP contribution is -2.28. The second-order valence-corrected chi connectivity index (χ2v) is 2.16. The summed E-state index contributed by atoms with van der Waals surface area (Å²) in [5.41, 5.74) is 0. The lowest BCUT2D eigenvalue weighted by molar-refractivity contribution is -0.111. The third kappa shape index (κ3) is 6.29. The molecule has 0 unspecified atom stereocenters. The van der Waals surface area contributed by atoms with Crippen LogP contribution in [0.3, 0.4) is 0 Å². The number of likely N-dealkylation sites (N-methyl/N-ethyl adjacent to an activating group) is 1. The van der Waals surface area contributed by atoms with Crippen LogP contribution in [0.4, 0.5) is 0 Å². The van der Waals surface area contributed by atoms with Gasteiger partial charge in [-0.3, -0.25) is 0 Å². The molecule has 0 bridgehead atoms. The second kappa shape index (κ2) is 7.28. The number of methoxy groups -OCH3 is 2. The normalized spacial score (nSPS) is 10.2. The van der Waals surface area contributed by atoms with Crippen molar-refractivity contribution in [2.75, 3.05) is 34.9 Å². The Bertz CT molecular complexity index is 66.8. The van der Waals surface area contributed by atoms with Gasteiger partial charge in [0, 0.05) is 20.8 Å². The molecule has 0 spiro atoms. The van der Waals surface area contributed by atoms with Gasteiger partial charge in [0.05, 0.1) is 0 Å². The molecule has 0 aromatic heterocycles. The molecule has 0 fully saturated rings. The van der Waals surface area contributed by atoms with Crippen molar-refractivity contribution in [3.05, 3.63) is 0 Å². The fraction of sp³-hybridized carbons (Fsp3) is 1.00. The van der Waals surface area contributed by atoms with E-state index in [1.807, 2.05) is 19.0 Å². The van der Waals surface area contributed by atoms with Crippen molar-refractivity contribution in [1.29, 1.82) is 0 Å².